The number of carbonyl (C=O) groups excluding carboxylic acids is 4. The van der Waals surface area contributed by atoms with Crippen LogP contribution in [-0.4, -0.2) is 82.2 Å². The smallest absolute Gasteiger partial charge is 0.326 e. The fourth-order valence-corrected chi connectivity index (χ4v) is 1.96. The molecule has 3 unspecified atom stereocenters. The molecular weight excluding hydrogens is 394 g/mol. The fraction of sp³-hybridized carbons (Fsp3) is 0.600. The first-order valence-electron chi connectivity index (χ1n) is 8.44. The molecule has 0 aromatic carbocycles. The Bertz CT molecular complexity index is 640. The third kappa shape index (κ3) is 11.2. The Hall–Kier alpha value is -3.26. The lowest BCUT2D eigenvalue weighted by atomic mass is 10.1. The molecule has 0 aromatic heterocycles. The van der Waals surface area contributed by atoms with Crippen LogP contribution in [0.5, 0.6) is 0 Å². The molecule has 0 fully saturated rings. The number of rotatable bonds is 14. The van der Waals surface area contributed by atoms with Gasteiger partial charge in [-0.1, -0.05) is 0 Å². The lowest BCUT2D eigenvalue weighted by molar-refractivity contribution is -0.143. The van der Waals surface area contributed by atoms with Crippen LogP contribution in [0.1, 0.15) is 25.7 Å². The Kier molecular flexibility index (Phi) is 11.5. The van der Waals surface area contributed by atoms with E-state index in [2.05, 4.69) is 16.0 Å². The van der Waals surface area contributed by atoms with Crippen molar-refractivity contribution in [2.75, 3.05) is 13.2 Å². The van der Waals surface area contributed by atoms with E-state index in [9.17, 15) is 33.9 Å². The average molecular weight is 419 g/mol. The number of aliphatic hydroxyl groups is 1. The molecule has 14 heteroatoms. The summed E-state index contributed by atoms with van der Waals surface area (Å²) >= 11 is 0. The van der Waals surface area contributed by atoms with E-state index in [1.165, 1.54) is 0 Å². The number of aliphatic carboxylic acids is 2. The molecule has 0 bridgehead atoms. The maximum absolute atomic E-state index is 12.0. The lowest BCUT2D eigenvalue weighted by Gasteiger charge is -2.20. The Labute approximate surface area is 165 Å². The highest BCUT2D eigenvalue weighted by Crippen LogP contribution is 1.99. The second kappa shape index (κ2) is 13.0. The molecule has 0 aliphatic carbocycles. The van der Waals surface area contributed by atoms with Crippen LogP contribution < -0.4 is 27.4 Å². The summed E-state index contributed by atoms with van der Waals surface area (Å²) in [6.07, 6.45) is -1.07. The maximum Gasteiger partial charge on any atom is 0.326 e. The minimum Gasteiger partial charge on any atom is -0.481 e. The van der Waals surface area contributed by atoms with Gasteiger partial charge >= 0.3 is 11.9 Å². The van der Waals surface area contributed by atoms with Gasteiger partial charge in [-0.15, -0.1) is 0 Å². The Morgan fingerprint density at radius 3 is 1.97 bits per heavy atom. The summed E-state index contributed by atoms with van der Waals surface area (Å²) in [5.41, 5.74) is 10.4. The molecule has 3 atom stereocenters. The number of aliphatic hydroxyl groups excluding tert-OH is 1. The third-order valence-electron chi connectivity index (χ3n) is 3.56. The summed E-state index contributed by atoms with van der Waals surface area (Å²) < 4.78 is 0. The molecule has 0 heterocycles. The van der Waals surface area contributed by atoms with Gasteiger partial charge in [-0.05, 0) is 12.8 Å². The van der Waals surface area contributed by atoms with Crippen molar-refractivity contribution in [2.45, 2.75) is 43.8 Å². The summed E-state index contributed by atoms with van der Waals surface area (Å²) in [5, 5.41) is 33.1. The number of nitrogens with one attached hydrogen (secondary N) is 3. The van der Waals surface area contributed by atoms with E-state index < -0.39 is 66.8 Å². The van der Waals surface area contributed by atoms with Crippen molar-refractivity contribution in [3.8, 4) is 0 Å². The van der Waals surface area contributed by atoms with Crippen molar-refractivity contribution in [1.29, 1.82) is 0 Å². The number of amides is 4. The summed E-state index contributed by atoms with van der Waals surface area (Å²) in [5.74, 6) is -6.05. The molecule has 10 N–H and O–H groups in total. The average Bonchev–Trinajstić information content (AvgIpc) is 2.64. The fourth-order valence-electron chi connectivity index (χ4n) is 1.96. The highest BCUT2D eigenvalue weighted by atomic mass is 16.4. The quantitative estimate of drug-likeness (QED) is 0.134. The van der Waals surface area contributed by atoms with Crippen LogP contribution in [0.15, 0.2) is 0 Å². The summed E-state index contributed by atoms with van der Waals surface area (Å²) in [6.45, 7) is -1.49. The Morgan fingerprint density at radius 1 is 0.862 bits per heavy atom. The zero-order valence-corrected chi connectivity index (χ0v) is 15.4. The minimum atomic E-state index is -1.52. The van der Waals surface area contributed by atoms with Gasteiger partial charge in [0.2, 0.25) is 23.6 Å². The number of carboxylic acid groups (broad SMARTS) is 2. The summed E-state index contributed by atoms with van der Waals surface area (Å²) in [6, 6.07) is -4.14. The van der Waals surface area contributed by atoms with E-state index in [0.717, 1.165) is 0 Å². The number of hydrogen-bond acceptors (Lipinski definition) is 8. The third-order valence-corrected chi connectivity index (χ3v) is 3.56. The van der Waals surface area contributed by atoms with Crippen LogP contribution in [0.25, 0.3) is 0 Å². The normalized spacial score (nSPS) is 13.4. The highest BCUT2D eigenvalue weighted by Gasteiger charge is 2.26. The van der Waals surface area contributed by atoms with Crippen LogP contribution in [0, 0.1) is 0 Å². The van der Waals surface area contributed by atoms with Gasteiger partial charge in [0.25, 0.3) is 0 Å². The number of hydrogen-bond donors (Lipinski definition) is 8. The number of primary amides is 1. The Morgan fingerprint density at radius 2 is 1.48 bits per heavy atom. The molecule has 0 aromatic rings. The SMILES string of the molecule is NC(=O)CCC(NC(=O)C(CO)NC(=O)CNC(=O)C(N)CCC(=O)O)C(=O)O. The van der Waals surface area contributed by atoms with Gasteiger partial charge in [-0.25, -0.2) is 4.79 Å². The molecule has 0 radical (unpaired) electrons. The van der Waals surface area contributed by atoms with Gasteiger partial charge in [-0.3, -0.25) is 24.0 Å². The van der Waals surface area contributed by atoms with Crippen LogP contribution in [0.3, 0.4) is 0 Å². The molecule has 4 amide bonds. The molecule has 0 saturated carbocycles. The van der Waals surface area contributed by atoms with E-state index in [1.54, 1.807) is 0 Å². The first kappa shape index (κ1) is 25.7. The first-order valence-corrected chi connectivity index (χ1v) is 8.44. The largest absolute Gasteiger partial charge is 0.481 e. The predicted octanol–water partition coefficient (Wildman–Crippen LogP) is -4.39. The molecule has 0 rings (SSSR count). The van der Waals surface area contributed by atoms with Crippen LogP contribution in [0.4, 0.5) is 0 Å². The number of carbonyl (C=O) groups is 6. The second-order valence-electron chi connectivity index (χ2n) is 5.96. The van der Waals surface area contributed by atoms with Gasteiger partial charge in [0.1, 0.15) is 12.1 Å². The molecular formula is C15H25N5O9. The zero-order chi connectivity index (χ0) is 22.6. The van der Waals surface area contributed by atoms with Crippen molar-refractivity contribution in [1.82, 2.24) is 16.0 Å². The second-order valence-corrected chi connectivity index (χ2v) is 5.96. The van der Waals surface area contributed by atoms with Crippen LogP contribution in [-0.2, 0) is 28.8 Å². The molecule has 0 aliphatic rings. The van der Waals surface area contributed by atoms with Crippen LogP contribution >= 0.6 is 0 Å². The van der Waals surface area contributed by atoms with E-state index in [0.29, 0.717) is 0 Å². The van der Waals surface area contributed by atoms with E-state index in [4.69, 9.17) is 21.7 Å². The molecule has 0 aliphatic heterocycles. The topological polar surface area (TPSA) is 251 Å². The van der Waals surface area contributed by atoms with Gasteiger partial charge in [0.05, 0.1) is 19.2 Å². The highest BCUT2D eigenvalue weighted by molar-refractivity contribution is 5.92. The van der Waals surface area contributed by atoms with Gasteiger partial charge in [-0.2, -0.15) is 0 Å². The molecule has 29 heavy (non-hydrogen) atoms. The van der Waals surface area contributed by atoms with Crippen molar-refractivity contribution in [2.24, 2.45) is 11.5 Å². The summed E-state index contributed by atoms with van der Waals surface area (Å²) in [7, 11) is 0. The predicted molar refractivity (Wildman–Crippen MR) is 94.9 cm³/mol. The van der Waals surface area contributed by atoms with Crippen LogP contribution in [0.2, 0.25) is 0 Å². The lowest BCUT2D eigenvalue weighted by Crippen LogP contribution is -2.55. The number of nitrogens with two attached hydrogens (primary N) is 2. The van der Waals surface area contributed by atoms with Gasteiger partial charge < -0.3 is 42.7 Å². The molecule has 0 saturated heterocycles. The first-order chi connectivity index (χ1) is 13.5. The zero-order valence-electron chi connectivity index (χ0n) is 15.4. The van der Waals surface area contributed by atoms with Crippen molar-refractivity contribution >= 4 is 35.6 Å². The Balaban J connectivity index is 4.59. The molecule has 164 valence electrons. The number of carboxylic acids is 2. The maximum atomic E-state index is 12.0. The van der Waals surface area contributed by atoms with Crippen molar-refractivity contribution < 1.29 is 44.1 Å². The van der Waals surface area contributed by atoms with Gasteiger partial charge in [0, 0.05) is 12.8 Å². The van der Waals surface area contributed by atoms with Gasteiger partial charge in [0.15, 0.2) is 0 Å². The minimum absolute atomic E-state index is 0.146. The van der Waals surface area contributed by atoms with E-state index in [-0.39, 0.29) is 25.7 Å². The standard InChI is InChI=1S/C15H25N5O9/c16-7(1-4-12(24)25)13(26)18-5-11(23)19-9(6-21)14(27)20-8(15(28)29)2-3-10(17)22/h7-9,21H,1-6,16H2,(H2,17,22)(H,18,26)(H,19,23)(H,20,27)(H,24,25)(H,28,29). The van der Waals surface area contributed by atoms with E-state index in [1.807, 2.05) is 0 Å². The molecule has 0 spiro atoms. The summed E-state index contributed by atoms with van der Waals surface area (Å²) in [4.78, 5) is 67.8. The monoisotopic (exact) mass is 419 g/mol. The van der Waals surface area contributed by atoms with E-state index >= 15 is 0 Å². The molecule has 14 nitrogen and oxygen atoms in total. The van der Waals surface area contributed by atoms with Crippen molar-refractivity contribution in [3.05, 3.63) is 0 Å². The van der Waals surface area contributed by atoms with Crippen molar-refractivity contribution in [3.63, 3.8) is 0 Å².